The molecule has 0 aromatic heterocycles. The number of hydrogen-bond donors (Lipinski definition) is 1. The lowest BCUT2D eigenvalue weighted by molar-refractivity contribution is -0.385. The van der Waals surface area contributed by atoms with Crippen LogP contribution in [0.1, 0.15) is 11.1 Å². The summed E-state index contributed by atoms with van der Waals surface area (Å²) >= 11 is 9.18. The smallest absolute Gasteiger partial charge is 0.274 e. The van der Waals surface area contributed by atoms with Crippen molar-refractivity contribution in [2.24, 2.45) is 5.73 Å². The van der Waals surface area contributed by atoms with E-state index in [9.17, 15) is 10.1 Å². The minimum Gasteiger partial charge on any atom is -0.327 e. The zero-order chi connectivity index (χ0) is 15.4. The molecule has 1 atom stereocenters. The van der Waals surface area contributed by atoms with E-state index >= 15 is 0 Å². The Morgan fingerprint density at radius 3 is 2.48 bits per heavy atom. The first-order chi connectivity index (χ1) is 9.95. The summed E-state index contributed by atoms with van der Waals surface area (Å²) in [6.07, 6.45) is 1.09. The highest BCUT2D eigenvalue weighted by molar-refractivity contribution is 9.10. The molecule has 0 fully saturated rings. The van der Waals surface area contributed by atoms with Crippen LogP contribution in [0.15, 0.2) is 46.9 Å². The maximum Gasteiger partial charge on any atom is 0.274 e. The molecule has 0 bridgehead atoms. The topological polar surface area (TPSA) is 69.2 Å². The van der Waals surface area contributed by atoms with Crippen molar-refractivity contribution < 1.29 is 4.92 Å². The predicted octanol–water partition coefficient (Wildman–Crippen LogP) is 4.12. The van der Waals surface area contributed by atoms with Gasteiger partial charge in [-0.3, -0.25) is 10.1 Å². The van der Waals surface area contributed by atoms with Crippen LogP contribution in [0.25, 0.3) is 0 Å². The van der Waals surface area contributed by atoms with Gasteiger partial charge in [-0.15, -0.1) is 0 Å². The van der Waals surface area contributed by atoms with Gasteiger partial charge in [-0.2, -0.15) is 0 Å². The average Bonchev–Trinajstić information content (AvgIpc) is 2.43. The molecule has 2 N–H and O–H groups in total. The summed E-state index contributed by atoms with van der Waals surface area (Å²) in [6, 6.07) is 12.4. The van der Waals surface area contributed by atoms with Crippen LogP contribution in [0.4, 0.5) is 5.69 Å². The molecule has 0 aliphatic carbocycles. The molecule has 2 aromatic rings. The van der Waals surface area contributed by atoms with Gasteiger partial charge in [0, 0.05) is 27.2 Å². The molecule has 1 unspecified atom stereocenters. The summed E-state index contributed by atoms with van der Waals surface area (Å²) in [6.45, 7) is 0. The zero-order valence-electron chi connectivity index (χ0n) is 11.1. The molecule has 0 aliphatic rings. The fourth-order valence-corrected chi connectivity index (χ4v) is 2.59. The average molecular weight is 370 g/mol. The van der Waals surface area contributed by atoms with Gasteiger partial charge in [0.1, 0.15) is 0 Å². The first kappa shape index (κ1) is 15.9. The molecule has 0 amide bonds. The lowest BCUT2D eigenvalue weighted by Crippen LogP contribution is -2.25. The van der Waals surface area contributed by atoms with Crippen LogP contribution >= 0.6 is 27.5 Å². The Morgan fingerprint density at radius 2 is 1.86 bits per heavy atom. The van der Waals surface area contributed by atoms with E-state index in [1.807, 2.05) is 24.3 Å². The minimum absolute atomic E-state index is 0.0220. The third-order valence-electron chi connectivity index (χ3n) is 3.14. The molecule has 6 heteroatoms. The molecule has 4 nitrogen and oxygen atoms in total. The van der Waals surface area contributed by atoms with E-state index in [4.69, 9.17) is 17.3 Å². The summed E-state index contributed by atoms with van der Waals surface area (Å²) in [4.78, 5) is 10.6. The Balaban J connectivity index is 2.10. The van der Waals surface area contributed by atoms with Crippen LogP contribution in [0, 0.1) is 10.1 Å². The van der Waals surface area contributed by atoms with Crippen LogP contribution in [-0.2, 0) is 12.8 Å². The maximum atomic E-state index is 11.1. The lowest BCUT2D eigenvalue weighted by Gasteiger charge is -2.12. The Labute approximate surface area is 136 Å². The second-order valence-electron chi connectivity index (χ2n) is 4.82. The Morgan fingerprint density at radius 1 is 1.19 bits per heavy atom. The predicted molar refractivity (Wildman–Crippen MR) is 87.6 cm³/mol. The van der Waals surface area contributed by atoms with Gasteiger partial charge in [0.25, 0.3) is 5.69 Å². The number of nitro groups is 1. The van der Waals surface area contributed by atoms with Crippen molar-refractivity contribution in [2.45, 2.75) is 18.9 Å². The second kappa shape index (κ2) is 7.02. The minimum atomic E-state index is -0.423. The molecule has 0 saturated heterocycles. The molecule has 0 radical (unpaired) electrons. The van der Waals surface area contributed by atoms with E-state index in [1.165, 1.54) is 6.07 Å². The molecule has 0 aliphatic heterocycles. The summed E-state index contributed by atoms with van der Waals surface area (Å²) in [7, 11) is 0. The highest BCUT2D eigenvalue weighted by Crippen LogP contribution is 2.24. The van der Waals surface area contributed by atoms with Crippen molar-refractivity contribution in [3.8, 4) is 0 Å². The third kappa shape index (κ3) is 4.52. The highest BCUT2D eigenvalue weighted by atomic mass is 79.9. The van der Waals surface area contributed by atoms with Gasteiger partial charge < -0.3 is 5.73 Å². The van der Waals surface area contributed by atoms with Crippen molar-refractivity contribution in [1.82, 2.24) is 0 Å². The van der Waals surface area contributed by atoms with E-state index in [-0.39, 0.29) is 11.7 Å². The summed E-state index contributed by atoms with van der Waals surface area (Å²) in [5.41, 5.74) is 7.84. The first-order valence-electron chi connectivity index (χ1n) is 6.38. The Kier molecular flexibility index (Phi) is 5.33. The summed E-state index contributed by atoms with van der Waals surface area (Å²) in [5.74, 6) is 0. The van der Waals surface area contributed by atoms with Crippen LogP contribution in [-0.4, -0.2) is 11.0 Å². The van der Waals surface area contributed by atoms with Gasteiger partial charge in [0.15, 0.2) is 0 Å². The zero-order valence-corrected chi connectivity index (χ0v) is 13.5. The Bertz CT molecular complexity index is 647. The Hall–Kier alpha value is -1.43. The van der Waals surface area contributed by atoms with Crippen LogP contribution in [0.5, 0.6) is 0 Å². The molecule has 21 heavy (non-hydrogen) atoms. The van der Waals surface area contributed by atoms with Crippen molar-refractivity contribution in [3.63, 3.8) is 0 Å². The molecular formula is C15H14BrClN2O2. The number of nitrogens with zero attached hydrogens (tertiary/aromatic N) is 1. The highest BCUT2D eigenvalue weighted by Gasteiger charge is 2.17. The number of benzene rings is 2. The van der Waals surface area contributed by atoms with Crippen molar-refractivity contribution >= 4 is 33.2 Å². The van der Waals surface area contributed by atoms with Gasteiger partial charge in [-0.25, -0.2) is 0 Å². The molecule has 110 valence electrons. The van der Waals surface area contributed by atoms with Crippen LogP contribution < -0.4 is 5.73 Å². The summed E-state index contributed by atoms with van der Waals surface area (Å²) < 4.78 is 1.01. The molecule has 0 heterocycles. The SMILES string of the molecule is NC(Cc1ccc(Br)cc1)Cc1ccc(Cl)cc1[N+](=O)[O-]. The van der Waals surface area contributed by atoms with Gasteiger partial charge in [0.2, 0.25) is 0 Å². The number of rotatable bonds is 5. The molecular weight excluding hydrogens is 356 g/mol. The molecule has 2 rings (SSSR count). The van der Waals surface area contributed by atoms with E-state index in [0.717, 1.165) is 10.0 Å². The van der Waals surface area contributed by atoms with E-state index in [1.54, 1.807) is 12.1 Å². The van der Waals surface area contributed by atoms with Crippen molar-refractivity contribution in [2.75, 3.05) is 0 Å². The third-order valence-corrected chi connectivity index (χ3v) is 3.90. The number of hydrogen-bond acceptors (Lipinski definition) is 3. The van der Waals surface area contributed by atoms with Gasteiger partial charge >= 0.3 is 0 Å². The van der Waals surface area contributed by atoms with E-state index in [2.05, 4.69) is 15.9 Å². The standard InChI is InChI=1S/C15H14BrClN2O2/c16-12-4-1-10(2-5-12)7-14(18)8-11-3-6-13(17)9-15(11)19(20)21/h1-6,9,14H,7-8,18H2. The molecule has 2 aromatic carbocycles. The maximum absolute atomic E-state index is 11.1. The fraction of sp³-hybridized carbons (Fsp3) is 0.200. The monoisotopic (exact) mass is 368 g/mol. The van der Waals surface area contributed by atoms with Crippen molar-refractivity contribution in [3.05, 3.63) is 73.2 Å². The largest absolute Gasteiger partial charge is 0.327 e. The second-order valence-corrected chi connectivity index (χ2v) is 6.18. The van der Waals surface area contributed by atoms with Crippen LogP contribution in [0.3, 0.4) is 0 Å². The number of halogens is 2. The quantitative estimate of drug-likeness (QED) is 0.636. The van der Waals surface area contributed by atoms with Gasteiger partial charge in [-0.05, 0) is 36.6 Å². The van der Waals surface area contributed by atoms with E-state index in [0.29, 0.717) is 23.4 Å². The lowest BCUT2D eigenvalue weighted by atomic mass is 9.99. The fourth-order valence-electron chi connectivity index (χ4n) is 2.16. The normalized spacial score (nSPS) is 12.1. The number of nitro benzene ring substituents is 1. The van der Waals surface area contributed by atoms with Gasteiger partial charge in [-0.1, -0.05) is 45.7 Å². The summed E-state index contributed by atoms with van der Waals surface area (Å²) in [5, 5.41) is 11.4. The first-order valence-corrected chi connectivity index (χ1v) is 7.55. The molecule has 0 spiro atoms. The molecule has 0 saturated carbocycles. The van der Waals surface area contributed by atoms with Crippen molar-refractivity contribution in [1.29, 1.82) is 0 Å². The number of nitrogens with two attached hydrogens (primary N) is 1. The van der Waals surface area contributed by atoms with Gasteiger partial charge in [0.05, 0.1) is 4.92 Å². The van der Waals surface area contributed by atoms with Crippen LogP contribution in [0.2, 0.25) is 5.02 Å². The van der Waals surface area contributed by atoms with E-state index < -0.39 is 4.92 Å².